The Morgan fingerprint density at radius 2 is 2.25 bits per heavy atom. The molecule has 6 nitrogen and oxygen atoms in total. The molecule has 3 heterocycles. The lowest BCUT2D eigenvalue weighted by Gasteiger charge is -2.34. The number of nitrogens with one attached hydrogen (secondary N) is 1. The van der Waals surface area contributed by atoms with Crippen molar-refractivity contribution in [2.75, 3.05) is 6.54 Å². The molecule has 0 radical (unpaired) electrons. The van der Waals surface area contributed by atoms with E-state index >= 15 is 0 Å². The summed E-state index contributed by atoms with van der Waals surface area (Å²) in [6.45, 7) is 3.70. The fourth-order valence-corrected chi connectivity index (χ4v) is 3.44. The highest BCUT2D eigenvalue weighted by molar-refractivity contribution is 5.53. The predicted molar refractivity (Wildman–Crippen MR) is 89.5 cm³/mol. The van der Waals surface area contributed by atoms with Crippen LogP contribution in [0, 0.1) is 11.3 Å². The van der Waals surface area contributed by atoms with Crippen LogP contribution in [-0.2, 0) is 13.0 Å². The summed E-state index contributed by atoms with van der Waals surface area (Å²) in [5, 5.41) is 11.9. The molecular formula is C18H17N5O. The van der Waals surface area contributed by atoms with Crippen LogP contribution in [0.4, 0.5) is 0 Å². The van der Waals surface area contributed by atoms with Crippen molar-refractivity contribution >= 4 is 5.65 Å². The molecule has 6 heteroatoms. The van der Waals surface area contributed by atoms with Gasteiger partial charge in [-0.2, -0.15) is 5.26 Å². The molecule has 0 saturated heterocycles. The number of H-pyrrole nitrogens is 1. The van der Waals surface area contributed by atoms with Gasteiger partial charge in [0.15, 0.2) is 5.65 Å². The summed E-state index contributed by atoms with van der Waals surface area (Å²) >= 11 is 0. The Hall–Kier alpha value is -2.91. The number of aromatic nitrogens is 3. The fraction of sp³-hybridized carbons (Fsp3) is 0.278. The fourth-order valence-electron chi connectivity index (χ4n) is 3.44. The van der Waals surface area contributed by atoms with E-state index in [2.05, 4.69) is 52.2 Å². The minimum atomic E-state index is -0.193. The molecule has 4 rings (SSSR count). The second kappa shape index (κ2) is 5.62. The van der Waals surface area contributed by atoms with E-state index in [1.54, 1.807) is 0 Å². The number of nitriles is 1. The highest BCUT2D eigenvalue weighted by Gasteiger charge is 2.24. The second-order valence-electron chi connectivity index (χ2n) is 6.14. The Bertz CT molecular complexity index is 1010. The zero-order valence-electron chi connectivity index (χ0n) is 13.4. The van der Waals surface area contributed by atoms with Gasteiger partial charge in [0.1, 0.15) is 11.6 Å². The van der Waals surface area contributed by atoms with Crippen LogP contribution in [0.25, 0.3) is 5.65 Å². The Morgan fingerprint density at radius 1 is 1.42 bits per heavy atom. The lowest BCUT2D eigenvalue weighted by molar-refractivity contribution is 0.187. The van der Waals surface area contributed by atoms with Crippen molar-refractivity contribution in [3.8, 4) is 6.07 Å². The normalized spacial score (nSPS) is 17.6. The summed E-state index contributed by atoms with van der Waals surface area (Å²) in [5.41, 5.74) is 4.00. The second-order valence-corrected chi connectivity index (χ2v) is 6.14. The number of aromatic amines is 1. The van der Waals surface area contributed by atoms with Gasteiger partial charge in [-0.3, -0.25) is 14.8 Å². The van der Waals surface area contributed by atoms with Gasteiger partial charge >= 0.3 is 0 Å². The standard InChI is InChI=1S/C18H17N5O/c1-12-16-5-3-2-4-13(16)6-7-22(12)11-15-8-17(24)23-18(21-15)14(9-19)10-20-23/h2-5,8,10,12,20H,6-7,11H2,1H3. The van der Waals surface area contributed by atoms with E-state index in [1.165, 1.54) is 27.9 Å². The van der Waals surface area contributed by atoms with E-state index < -0.39 is 0 Å². The van der Waals surface area contributed by atoms with E-state index in [4.69, 9.17) is 5.26 Å². The minimum Gasteiger partial charge on any atom is -0.295 e. The molecular weight excluding hydrogens is 302 g/mol. The van der Waals surface area contributed by atoms with E-state index in [9.17, 15) is 4.79 Å². The maximum Gasteiger partial charge on any atom is 0.272 e. The number of benzene rings is 1. The molecule has 1 atom stereocenters. The Balaban J connectivity index is 1.68. The molecule has 24 heavy (non-hydrogen) atoms. The zero-order chi connectivity index (χ0) is 16.7. The third kappa shape index (κ3) is 2.30. The Labute approximate surface area is 139 Å². The predicted octanol–water partition coefficient (Wildman–Crippen LogP) is 2.01. The molecule has 3 aromatic rings. The van der Waals surface area contributed by atoms with Gasteiger partial charge in [0.25, 0.3) is 5.56 Å². The Kier molecular flexibility index (Phi) is 3.44. The van der Waals surface area contributed by atoms with E-state index in [0.717, 1.165) is 13.0 Å². The van der Waals surface area contributed by atoms with E-state index in [-0.39, 0.29) is 11.6 Å². The zero-order valence-corrected chi connectivity index (χ0v) is 13.4. The van der Waals surface area contributed by atoms with Crippen molar-refractivity contribution in [1.82, 2.24) is 19.5 Å². The number of nitrogens with zero attached hydrogens (tertiary/aromatic N) is 4. The van der Waals surface area contributed by atoms with Crippen LogP contribution >= 0.6 is 0 Å². The van der Waals surface area contributed by atoms with Gasteiger partial charge < -0.3 is 0 Å². The molecule has 0 fully saturated rings. The molecule has 0 saturated carbocycles. The van der Waals surface area contributed by atoms with Crippen LogP contribution in [0.15, 0.2) is 41.3 Å². The van der Waals surface area contributed by atoms with Crippen LogP contribution in [0.5, 0.6) is 0 Å². The highest BCUT2D eigenvalue weighted by atomic mass is 16.1. The SMILES string of the molecule is CC1c2ccccc2CCN1Cc1cc(=O)n2[nH]cc(C#N)c2n1. The maximum absolute atomic E-state index is 12.2. The Morgan fingerprint density at radius 3 is 3.08 bits per heavy atom. The first-order valence-electron chi connectivity index (χ1n) is 7.99. The first-order valence-corrected chi connectivity index (χ1v) is 7.99. The summed E-state index contributed by atoms with van der Waals surface area (Å²) in [6.07, 6.45) is 2.50. The molecule has 1 unspecified atom stereocenters. The van der Waals surface area contributed by atoms with Crippen LogP contribution in [0.3, 0.4) is 0 Å². The molecule has 1 N–H and O–H groups in total. The van der Waals surface area contributed by atoms with Crippen LogP contribution in [0.1, 0.15) is 35.3 Å². The number of fused-ring (bicyclic) bond motifs is 2. The van der Waals surface area contributed by atoms with Crippen molar-refractivity contribution in [3.05, 3.63) is 69.3 Å². The number of rotatable bonds is 2. The van der Waals surface area contributed by atoms with Crippen molar-refractivity contribution in [1.29, 1.82) is 5.26 Å². The van der Waals surface area contributed by atoms with Gasteiger partial charge in [-0.1, -0.05) is 24.3 Å². The number of hydrogen-bond donors (Lipinski definition) is 1. The van der Waals surface area contributed by atoms with Crippen LogP contribution in [0.2, 0.25) is 0 Å². The third-order valence-electron chi connectivity index (χ3n) is 4.76. The molecule has 1 aromatic carbocycles. The maximum atomic E-state index is 12.2. The highest BCUT2D eigenvalue weighted by Crippen LogP contribution is 2.29. The van der Waals surface area contributed by atoms with Gasteiger partial charge in [0.2, 0.25) is 0 Å². The van der Waals surface area contributed by atoms with E-state index in [1.807, 2.05) is 0 Å². The summed E-state index contributed by atoms with van der Waals surface area (Å²) in [7, 11) is 0. The molecule has 0 amide bonds. The van der Waals surface area contributed by atoms with Gasteiger partial charge in [-0.25, -0.2) is 9.50 Å². The molecule has 0 aliphatic carbocycles. The average Bonchev–Trinajstić information content (AvgIpc) is 3.01. The summed E-state index contributed by atoms with van der Waals surface area (Å²) in [6, 6.07) is 12.4. The summed E-state index contributed by atoms with van der Waals surface area (Å²) in [4.78, 5) is 19.1. The van der Waals surface area contributed by atoms with Crippen molar-refractivity contribution in [2.45, 2.75) is 25.9 Å². The molecule has 1 aliphatic rings. The third-order valence-corrected chi connectivity index (χ3v) is 4.76. The smallest absolute Gasteiger partial charge is 0.272 e. The van der Waals surface area contributed by atoms with Gasteiger partial charge in [0.05, 0.1) is 5.69 Å². The van der Waals surface area contributed by atoms with Crippen LogP contribution in [-0.4, -0.2) is 26.0 Å². The largest absolute Gasteiger partial charge is 0.295 e. The summed E-state index contributed by atoms with van der Waals surface area (Å²) in [5.74, 6) is 0. The molecule has 1 aliphatic heterocycles. The monoisotopic (exact) mass is 319 g/mol. The lowest BCUT2D eigenvalue weighted by atomic mass is 9.93. The van der Waals surface area contributed by atoms with Gasteiger partial charge in [0, 0.05) is 31.4 Å². The van der Waals surface area contributed by atoms with Crippen molar-refractivity contribution in [3.63, 3.8) is 0 Å². The van der Waals surface area contributed by atoms with Crippen molar-refractivity contribution in [2.24, 2.45) is 0 Å². The quantitative estimate of drug-likeness (QED) is 0.784. The van der Waals surface area contributed by atoms with Crippen LogP contribution < -0.4 is 5.56 Å². The number of hydrogen-bond acceptors (Lipinski definition) is 4. The minimum absolute atomic E-state index is 0.193. The van der Waals surface area contributed by atoms with E-state index in [0.29, 0.717) is 23.4 Å². The topological polar surface area (TPSA) is 77.2 Å². The molecule has 120 valence electrons. The van der Waals surface area contributed by atoms with Crippen molar-refractivity contribution < 1.29 is 0 Å². The molecule has 0 bridgehead atoms. The van der Waals surface area contributed by atoms with Gasteiger partial charge in [-0.05, 0) is 24.5 Å². The lowest BCUT2D eigenvalue weighted by Crippen LogP contribution is -2.34. The summed E-state index contributed by atoms with van der Waals surface area (Å²) < 4.78 is 1.30. The average molecular weight is 319 g/mol. The molecule has 0 spiro atoms. The first-order chi connectivity index (χ1) is 11.7. The first kappa shape index (κ1) is 14.7. The molecule has 2 aromatic heterocycles. The van der Waals surface area contributed by atoms with Gasteiger partial charge in [-0.15, -0.1) is 0 Å².